The minimum absolute atomic E-state index is 0.0780. The van der Waals surface area contributed by atoms with Crippen LogP contribution in [0, 0.1) is 0 Å². The summed E-state index contributed by atoms with van der Waals surface area (Å²) in [5.41, 5.74) is 4.64. The van der Waals surface area contributed by atoms with Gasteiger partial charge in [-0.2, -0.15) is 26.3 Å². The fraction of sp³-hybridized carbons (Fsp3) is 0.308. The van der Waals surface area contributed by atoms with Crippen LogP contribution in [0.15, 0.2) is 54.6 Å². The molecule has 1 aromatic carbocycles. The number of nitrogens with two attached hydrogens (primary N) is 1. The van der Waals surface area contributed by atoms with Crippen LogP contribution in [0.1, 0.15) is 46.7 Å². The maximum absolute atomic E-state index is 13.9. The molecule has 1 atom stereocenters. The molecule has 0 aliphatic carbocycles. The van der Waals surface area contributed by atoms with Gasteiger partial charge < -0.3 is 15.6 Å². The first kappa shape index (κ1) is 30.5. The van der Waals surface area contributed by atoms with Gasteiger partial charge in [0.25, 0.3) is 0 Å². The maximum atomic E-state index is 13.9. The minimum atomic E-state index is -4.82. The molecule has 0 fully saturated rings. The number of benzene rings is 1. The summed E-state index contributed by atoms with van der Waals surface area (Å²) in [6.07, 6.45) is -4.76. The lowest BCUT2D eigenvalue weighted by molar-refractivity contribution is -0.139. The summed E-state index contributed by atoms with van der Waals surface area (Å²) in [7, 11) is 0. The Bertz CT molecular complexity index is 1400. The number of rotatable bonds is 9. The van der Waals surface area contributed by atoms with Crippen molar-refractivity contribution in [1.82, 2.24) is 10.2 Å². The number of nitrogens with zero attached hydrogens (tertiary/aromatic N) is 2. The zero-order valence-corrected chi connectivity index (χ0v) is 22.7. The molecule has 0 spiro atoms. The van der Waals surface area contributed by atoms with Gasteiger partial charge in [0, 0.05) is 16.0 Å². The van der Waals surface area contributed by atoms with Gasteiger partial charge >= 0.3 is 12.4 Å². The lowest BCUT2D eigenvalue weighted by Gasteiger charge is -2.17. The first-order chi connectivity index (χ1) is 18.0. The van der Waals surface area contributed by atoms with Crippen molar-refractivity contribution < 1.29 is 36.2 Å². The van der Waals surface area contributed by atoms with E-state index in [1.54, 1.807) is 19.1 Å². The Hall–Kier alpha value is -3.00. The molecule has 2 aromatic heterocycles. The van der Waals surface area contributed by atoms with Crippen molar-refractivity contribution in [3.05, 3.63) is 80.5 Å². The number of alkyl halides is 6. The molecule has 3 rings (SSSR count). The van der Waals surface area contributed by atoms with Crippen LogP contribution in [0.4, 0.5) is 26.3 Å². The van der Waals surface area contributed by atoms with Crippen molar-refractivity contribution in [2.24, 2.45) is 5.73 Å². The zero-order chi connectivity index (χ0) is 29.2. The van der Waals surface area contributed by atoms with E-state index < -0.39 is 47.3 Å². The Kier molecular flexibility index (Phi) is 9.10. The van der Waals surface area contributed by atoms with Crippen LogP contribution < -0.4 is 10.5 Å². The Morgan fingerprint density at radius 2 is 1.77 bits per heavy atom. The second-order valence-electron chi connectivity index (χ2n) is 8.99. The third kappa shape index (κ3) is 7.56. The molecule has 0 saturated carbocycles. The monoisotopic (exact) mass is 589 g/mol. The number of allylic oxidation sites excluding steroid dienone is 5. The molecule has 5 nitrogen and oxygen atoms in total. The van der Waals surface area contributed by atoms with Crippen molar-refractivity contribution in [3.63, 3.8) is 0 Å². The Morgan fingerprint density at radius 3 is 2.36 bits per heavy atom. The second kappa shape index (κ2) is 11.6. The van der Waals surface area contributed by atoms with Gasteiger partial charge in [0.1, 0.15) is 27.2 Å². The molecule has 3 aromatic rings. The van der Waals surface area contributed by atoms with Crippen LogP contribution in [0.2, 0.25) is 0 Å². The first-order valence-electron chi connectivity index (χ1n) is 11.3. The molecule has 0 aliphatic rings. The Morgan fingerprint density at radius 1 is 1.08 bits per heavy atom. The van der Waals surface area contributed by atoms with E-state index in [-0.39, 0.29) is 26.0 Å². The molecular formula is C26H25F6N3O2S2. The van der Waals surface area contributed by atoms with Crippen molar-refractivity contribution in [2.75, 3.05) is 6.61 Å². The molecule has 0 radical (unpaired) electrons. The summed E-state index contributed by atoms with van der Waals surface area (Å²) in [5, 5.41) is 17.5. The highest BCUT2D eigenvalue weighted by atomic mass is 32.1. The van der Waals surface area contributed by atoms with Gasteiger partial charge in [0.05, 0.1) is 17.7 Å². The highest BCUT2D eigenvalue weighted by Crippen LogP contribution is 2.43. The lowest BCUT2D eigenvalue weighted by atomic mass is 10.1. The summed E-state index contributed by atoms with van der Waals surface area (Å²) in [4.78, 5) is -0.766. The van der Waals surface area contributed by atoms with Crippen LogP contribution in [-0.4, -0.2) is 21.9 Å². The normalized spacial score (nSPS) is 14.6. The Labute approximate surface area is 229 Å². The topological polar surface area (TPSA) is 81.3 Å². The largest absolute Gasteiger partial charge is 0.487 e. The standard InChI is InChI=1S/C26H25F6N3O2S2/c1-14(2)6-5-7-15(3)18-11-17(38-21(18)26(30,31)32)12-37-20-9-8-16(10-19(20)25(27,28)29)22-34-35-23(39-22)24(4,33)13-36/h5-11,36H,1,12-13,33H2,2-4H3/b6-5-,15-7+/t24-/m0/s1. The quantitative estimate of drug-likeness (QED) is 0.199. The van der Waals surface area contributed by atoms with E-state index in [0.29, 0.717) is 16.9 Å². The minimum Gasteiger partial charge on any atom is -0.487 e. The number of ether oxygens (including phenoxy) is 1. The molecule has 0 amide bonds. The van der Waals surface area contributed by atoms with Gasteiger partial charge in [-0.05, 0) is 50.6 Å². The maximum Gasteiger partial charge on any atom is 0.426 e. The number of aliphatic hydroxyl groups excluding tert-OH is 1. The molecule has 0 saturated heterocycles. The second-order valence-corrected chi connectivity index (χ2v) is 11.1. The van der Waals surface area contributed by atoms with Gasteiger partial charge in [-0.25, -0.2) is 0 Å². The summed E-state index contributed by atoms with van der Waals surface area (Å²) < 4.78 is 88.1. The average molecular weight is 590 g/mol. The van der Waals surface area contributed by atoms with Crippen LogP contribution in [-0.2, 0) is 24.5 Å². The van der Waals surface area contributed by atoms with Crippen molar-refractivity contribution >= 4 is 28.2 Å². The van der Waals surface area contributed by atoms with Gasteiger partial charge in [0.15, 0.2) is 0 Å². The summed E-state index contributed by atoms with van der Waals surface area (Å²) in [6, 6.07) is 4.51. The molecule has 3 N–H and O–H groups in total. The van der Waals surface area contributed by atoms with E-state index in [2.05, 4.69) is 16.8 Å². The molecule has 13 heteroatoms. The number of halogens is 6. The van der Waals surface area contributed by atoms with E-state index in [9.17, 15) is 31.4 Å². The third-order valence-corrected chi connectivity index (χ3v) is 7.74. The average Bonchev–Trinajstić information content (AvgIpc) is 3.50. The molecule has 39 heavy (non-hydrogen) atoms. The summed E-state index contributed by atoms with van der Waals surface area (Å²) in [5.74, 6) is -0.546. The Balaban J connectivity index is 1.92. The highest BCUT2D eigenvalue weighted by Gasteiger charge is 2.37. The third-order valence-electron chi connectivity index (χ3n) is 5.34. The fourth-order valence-corrected chi connectivity index (χ4v) is 5.15. The molecule has 210 valence electrons. The van der Waals surface area contributed by atoms with Crippen molar-refractivity contribution in [2.45, 2.75) is 45.3 Å². The SMILES string of the molecule is C=C(C)/C=C\C=C(/C)c1cc(COc2ccc(-c3nnc([C@@](C)(N)CO)s3)cc2C(F)(F)F)sc1C(F)(F)F. The number of thiophene rings is 1. The smallest absolute Gasteiger partial charge is 0.426 e. The van der Waals surface area contributed by atoms with Gasteiger partial charge in [0.2, 0.25) is 0 Å². The van der Waals surface area contributed by atoms with Crippen LogP contribution in [0.25, 0.3) is 16.1 Å². The molecule has 0 bridgehead atoms. The first-order valence-corrected chi connectivity index (χ1v) is 12.9. The van der Waals surface area contributed by atoms with E-state index in [1.165, 1.54) is 32.1 Å². The van der Waals surface area contributed by atoms with E-state index >= 15 is 0 Å². The van der Waals surface area contributed by atoms with Gasteiger partial charge in [-0.1, -0.05) is 41.7 Å². The fourth-order valence-electron chi connectivity index (χ4n) is 3.26. The number of aliphatic hydroxyl groups is 1. The predicted octanol–water partition coefficient (Wildman–Crippen LogP) is 7.59. The summed E-state index contributed by atoms with van der Waals surface area (Å²) >= 11 is 1.35. The zero-order valence-electron chi connectivity index (χ0n) is 21.1. The van der Waals surface area contributed by atoms with Crippen molar-refractivity contribution in [1.29, 1.82) is 0 Å². The number of aromatic nitrogens is 2. The molecule has 0 unspecified atom stereocenters. The number of hydrogen-bond donors (Lipinski definition) is 2. The van der Waals surface area contributed by atoms with Gasteiger partial charge in [-0.3, -0.25) is 0 Å². The molecular weight excluding hydrogens is 564 g/mol. The van der Waals surface area contributed by atoms with Gasteiger partial charge in [-0.15, -0.1) is 21.5 Å². The lowest BCUT2D eigenvalue weighted by Crippen LogP contribution is -2.36. The van der Waals surface area contributed by atoms with E-state index in [1.807, 2.05) is 0 Å². The highest BCUT2D eigenvalue weighted by molar-refractivity contribution is 7.14. The van der Waals surface area contributed by atoms with E-state index in [4.69, 9.17) is 10.5 Å². The van der Waals surface area contributed by atoms with Crippen LogP contribution in [0.5, 0.6) is 5.75 Å². The van der Waals surface area contributed by atoms with Crippen molar-refractivity contribution in [3.8, 4) is 16.3 Å². The van der Waals surface area contributed by atoms with Crippen LogP contribution in [0.3, 0.4) is 0 Å². The predicted molar refractivity (Wildman–Crippen MR) is 140 cm³/mol. The molecule has 2 heterocycles. The van der Waals surface area contributed by atoms with Crippen LogP contribution >= 0.6 is 22.7 Å². The van der Waals surface area contributed by atoms with E-state index in [0.717, 1.165) is 29.0 Å². The summed E-state index contributed by atoms with van der Waals surface area (Å²) in [6.45, 7) is 7.50. The molecule has 0 aliphatic heterocycles. The number of hydrogen-bond acceptors (Lipinski definition) is 7.